The van der Waals surface area contributed by atoms with Gasteiger partial charge in [0, 0.05) is 5.69 Å². The molecule has 0 fully saturated rings. The Morgan fingerprint density at radius 3 is 2.78 bits per heavy atom. The van der Waals surface area contributed by atoms with Gasteiger partial charge in [0.05, 0.1) is 11.7 Å². The highest BCUT2D eigenvalue weighted by atomic mass is 32.1. The van der Waals surface area contributed by atoms with Crippen LogP contribution in [0.5, 0.6) is 0 Å². The zero-order valence-electron chi connectivity index (χ0n) is 15.8. The summed E-state index contributed by atoms with van der Waals surface area (Å²) >= 11 is 1.41. The number of carbonyl (C=O) groups is 1. The molecule has 0 bridgehead atoms. The molecule has 0 radical (unpaired) electrons. The molecule has 0 spiro atoms. The molecule has 138 valence electrons. The van der Waals surface area contributed by atoms with E-state index in [9.17, 15) is 4.79 Å². The molecule has 0 saturated carbocycles. The SMILES string of the molecule is Cc1ccc(Nc2nc(C)c(C(=O)NC3CCc4ccccc43)s2)c(C)c1. The fourth-order valence-electron chi connectivity index (χ4n) is 3.66. The van der Waals surface area contributed by atoms with E-state index >= 15 is 0 Å². The topological polar surface area (TPSA) is 54.0 Å². The first kappa shape index (κ1) is 17.7. The summed E-state index contributed by atoms with van der Waals surface area (Å²) in [4.78, 5) is 18.1. The molecule has 3 aromatic rings. The van der Waals surface area contributed by atoms with Crippen LogP contribution < -0.4 is 10.6 Å². The van der Waals surface area contributed by atoms with Crippen LogP contribution in [0, 0.1) is 20.8 Å². The number of benzene rings is 2. The van der Waals surface area contributed by atoms with Crippen molar-refractivity contribution in [1.29, 1.82) is 0 Å². The molecule has 4 rings (SSSR count). The minimum absolute atomic E-state index is 0.0413. The van der Waals surface area contributed by atoms with Gasteiger partial charge in [-0.3, -0.25) is 4.79 Å². The number of fused-ring (bicyclic) bond motifs is 1. The first-order chi connectivity index (χ1) is 13.0. The zero-order chi connectivity index (χ0) is 19.0. The lowest BCUT2D eigenvalue weighted by Crippen LogP contribution is -2.26. The Morgan fingerprint density at radius 1 is 1.15 bits per heavy atom. The Kier molecular flexibility index (Phi) is 4.70. The summed E-state index contributed by atoms with van der Waals surface area (Å²) in [7, 11) is 0. The molecular formula is C22H23N3OS. The molecule has 0 saturated heterocycles. The van der Waals surface area contributed by atoms with Crippen LogP contribution in [0.15, 0.2) is 42.5 Å². The van der Waals surface area contributed by atoms with E-state index in [0.717, 1.165) is 34.9 Å². The molecule has 1 aliphatic carbocycles. The lowest BCUT2D eigenvalue weighted by atomic mass is 10.1. The summed E-state index contributed by atoms with van der Waals surface area (Å²) in [6.07, 6.45) is 1.97. The number of amides is 1. The molecule has 4 nitrogen and oxygen atoms in total. The van der Waals surface area contributed by atoms with E-state index in [1.54, 1.807) is 0 Å². The Labute approximate surface area is 163 Å². The largest absolute Gasteiger partial charge is 0.344 e. The average Bonchev–Trinajstić information content (AvgIpc) is 3.21. The standard InChI is InChI=1S/C22H23N3OS/c1-13-8-10-18(14(2)12-13)25-22-23-15(3)20(27-22)21(26)24-19-11-9-16-6-4-5-7-17(16)19/h4-8,10,12,19H,9,11H2,1-3H3,(H,23,25)(H,24,26). The van der Waals surface area contributed by atoms with Gasteiger partial charge >= 0.3 is 0 Å². The minimum Gasteiger partial charge on any atom is -0.344 e. The third-order valence-electron chi connectivity index (χ3n) is 5.06. The summed E-state index contributed by atoms with van der Waals surface area (Å²) in [5, 5.41) is 7.29. The van der Waals surface area contributed by atoms with Crippen LogP contribution in [0.25, 0.3) is 0 Å². The predicted octanol–water partition coefficient (Wildman–Crippen LogP) is 5.23. The Hall–Kier alpha value is -2.66. The molecule has 1 unspecified atom stereocenters. The van der Waals surface area contributed by atoms with Gasteiger partial charge in [-0.05, 0) is 56.4 Å². The van der Waals surface area contributed by atoms with E-state index in [1.165, 1.54) is 28.0 Å². The number of hydrogen-bond acceptors (Lipinski definition) is 4. The highest BCUT2D eigenvalue weighted by molar-refractivity contribution is 7.17. The van der Waals surface area contributed by atoms with E-state index < -0.39 is 0 Å². The van der Waals surface area contributed by atoms with Gasteiger partial charge in [0.15, 0.2) is 5.13 Å². The number of anilines is 2. The van der Waals surface area contributed by atoms with Gasteiger partial charge in [-0.2, -0.15) is 0 Å². The predicted molar refractivity (Wildman–Crippen MR) is 111 cm³/mol. The minimum atomic E-state index is -0.0413. The molecule has 5 heteroatoms. The zero-order valence-corrected chi connectivity index (χ0v) is 16.6. The number of rotatable bonds is 4. The summed E-state index contributed by atoms with van der Waals surface area (Å²) in [6, 6.07) is 14.7. The highest BCUT2D eigenvalue weighted by Gasteiger charge is 2.25. The van der Waals surface area contributed by atoms with Crippen molar-refractivity contribution in [1.82, 2.24) is 10.3 Å². The molecule has 2 N–H and O–H groups in total. The highest BCUT2D eigenvalue weighted by Crippen LogP contribution is 2.32. The van der Waals surface area contributed by atoms with Crippen LogP contribution in [0.3, 0.4) is 0 Å². The van der Waals surface area contributed by atoms with Gasteiger partial charge in [-0.1, -0.05) is 53.3 Å². The number of aryl methyl sites for hydroxylation is 4. The van der Waals surface area contributed by atoms with Crippen molar-refractivity contribution in [3.8, 4) is 0 Å². The molecule has 1 aromatic heterocycles. The molecule has 1 amide bonds. The second kappa shape index (κ2) is 7.16. The van der Waals surface area contributed by atoms with Crippen molar-refractivity contribution in [3.05, 3.63) is 75.3 Å². The molecule has 1 heterocycles. The second-order valence-corrected chi connectivity index (χ2v) is 8.14. The van der Waals surface area contributed by atoms with Crippen LogP contribution >= 0.6 is 11.3 Å². The number of thiazole rings is 1. The van der Waals surface area contributed by atoms with Gasteiger partial charge in [-0.25, -0.2) is 4.98 Å². The maximum Gasteiger partial charge on any atom is 0.263 e. The number of nitrogens with zero attached hydrogens (tertiary/aromatic N) is 1. The van der Waals surface area contributed by atoms with Gasteiger partial charge < -0.3 is 10.6 Å². The number of nitrogens with one attached hydrogen (secondary N) is 2. The summed E-state index contributed by atoms with van der Waals surface area (Å²) in [6.45, 7) is 6.04. The van der Waals surface area contributed by atoms with Gasteiger partial charge in [0.25, 0.3) is 5.91 Å². The van der Waals surface area contributed by atoms with Crippen molar-refractivity contribution < 1.29 is 4.79 Å². The third kappa shape index (κ3) is 3.60. The van der Waals surface area contributed by atoms with Crippen molar-refractivity contribution >= 4 is 28.1 Å². The molecule has 2 aromatic carbocycles. The molecule has 1 aliphatic rings. The first-order valence-corrected chi connectivity index (χ1v) is 10.0. The fourth-order valence-corrected chi connectivity index (χ4v) is 4.54. The van der Waals surface area contributed by atoms with Crippen molar-refractivity contribution in [3.63, 3.8) is 0 Å². The van der Waals surface area contributed by atoms with Crippen molar-refractivity contribution in [2.45, 2.75) is 39.7 Å². The van der Waals surface area contributed by atoms with Crippen LogP contribution in [0.2, 0.25) is 0 Å². The number of carbonyl (C=O) groups excluding carboxylic acids is 1. The van der Waals surface area contributed by atoms with Crippen LogP contribution in [-0.4, -0.2) is 10.9 Å². The van der Waals surface area contributed by atoms with E-state index in [0.29, 0.717) is 4.88 Å². The van der Waals surface area contributed by atoms with E-state index in [2.05, 4.69) is 65.9 Å². The fraction of sp³-hybridized carbons (Fsp3) is 0.273. The summed E-state index contributed by atoms with van der Waals surface area (Å²) < 4.78 is 0. The quantitative estimate of drug-likeness (QED) is 0.655. The van der Waals surface area contributed by atoms with Crippen LogP contribution in [-0.2, 0) is 6.42 Å². The smallest absolute Gasteiger partial charge is 0.263 e. The van der Waals surface area contributed by atoms with Gasteiger partial charge in [-0.15, -0.1) is 0 Å². The Morgan fingerprint density at radius 2 is 1.96 bits per heavy atom. The van der Waals surface area contributed by atoms with Gasteiger partial charge in [0.2, 0.25) is 0 Å². The van der Waals surface area contributed by atoms with Gasteiger partial charge in [0.1, 0.15) is 4.88 Å². The number of hydrogen-bond donors (Lipinski definition) is 2. The van der Waals surface area contributed by atoms with Crippen molar-refractivity contribution in [2.24, 2.45) is 0 Å². The molecule has 1 atom stereocenters. The van der Waals surface area contributed by atoms with Crippen LogP contribution in [0.4, 0.5) is 10.8 Å². The second-order valence-electron chi connectivity index (χ2n) is 7.14. The van der Waals surface area contributed by atoms with Crippen LogP contribution in [0.1, 0.15) is 50.1 Å². The molecular weight excluding hydrogens is 354 g/mol. The average molecular weight is 378 g/mol. The summed E-state index contributed by atoms with van der Waals surface area (Å²) in [5.74, 6) is -0.0413. The third-order valence-corrected chi connectivity index (χ3v) is 6.14. The first-order valence-electron chi connectivity index (χ1n) is 9.21. The monoisotopic (exact) mass is 377 g/mol. The maximum absolute atomic E-state index is 12.8. The Balaban J connectivity index is 1.50. The lowest BCUT2D eigenvalue weighted by Gasteiger charge is -2.13. The van der Waals surface area contributed by atoms with E-state index in [1.807, 2.05) is 13.0 Å². The normalized spacial score (nSPS) is 15.4. The van der Waals surface area contributed by atoms with Crippen molar-refractivity contribution in [2.75, 3.05) is 5.32 Å². The summed E-state index contributed by atoms with van der Waals surface area (Å²) in [5.41, 5.74) is 6.74. The Bertz CT molecular complexity index is 1010. The maximum atomic E-state index is 12.8. The molecule has 27 heavy (non-hydrogen) atoms. The van der Waals surface area contributed by atoms with E-state index in [-0.39, 0.29) is 11.9 Å². The number of aromatic nitrogens is 1. The van der Waals surface area contributed by atoms with E-state index in [4.69, 9.17) is 0 Å². The molecule has 0 aliphatic heterocycles. The lowest BCUT2D eigenvalue weighted by molar-refractivity contribution is 0.0940.